The number of hydrogen-bond donors (Lipinski definition) is 1. The molecule has 1 N–H and O–H groups in total. The van der Waals surface area contributed by atoms with Gasteiger partial charge in [0.25, 0.3) is 0 Å². The highest BCUT2D eigenvalue weighted by Crippen LogP contribution is 2.27. The molecule has 1 heterocycles. The molecule has 3 heteroatoms. The second-order valence-electron chi connectivity index (χ2n) is 3.87. The lowest BCUT2D eigenvalue weighted by Crippen LogP contribution is -2.28. The summed E-state index contributed by atoms with van der Waals surface area (Å²) in [5.74, 6) is 0.374. The van der Waals surface area contributed by atoms with Crippen molar-refractivity contribution >= 4 is 11.6 Å². The molecule has 2 rings (SSSR count). The largest absolute Gasteiger partial charge is 0.324 e. The van der Waals surface area contributed by atoms with Crippen LogP contribution >= 0.6 is 0 Å². The quantitative estimate of drug-likeness (QED) is 0.776. The molecule has 1 fully saturated rings. The van der Waals surface area contributed by atoms with Gasteiger partial charge in [-0.15, -0.1) is 0 Å². The first-order valence-electron chi connectivity index (χ1n) is 4.98. The van der Waals surface area contributed by atoms with Crippen molar-refractivity contribution in [3.8, 4) is 0 Å². The Labute approximate surface area is 83.5 Å². The first-order valence-corrected chi connectivity index (χ1v) is 4.98. The Morgan fingerprint density at radius 1 is 1.50 bits per heavy atom. The van der Waals surface area contributed by atoms with Crippen LogP contribution in [-0.4, -0.2) is 10.9 Å². The van der Waals surface area contributed by atoms with E-state index >= 15 is 0 Å². The van der Waals surface area contributed by atoms with Crippen molar-refractivity contribution in [1.82, 2.24) is 4.98 Å². The van der Waals surface area contributed by atoms with E-state index in [0.717, 1.165) is 24.1 Å². The van der Waals surface area contributed by atoms with E-state index in [4.69, 9.17) is 0 Å². The Kier molecular flexibility index (Phi) is 2.48. The van der Waals surface area contributed by atoms with Gasteiger partial charge in [-0.25, -0.2) is 0 Å². The summed E-state index contributed by atoms with van der Waals surface area (Å²) in [5.41, 5.74) is 1.87. The molecular formula is C11H14N2O. The molecule has 0 unspecified atom stereocenters. The van der Waals surface area contributed by atoms with E-state index in [2.05, 4.69) is 10.3 Å². The van der Waals surface area contributed by atoms with E-state index in [1.165, 1.54) is 6.42 Å². The fourth-order valence-electron chi connectivity index (χ4n) is 1.54. The molecule has 0 bridgehead atoms. The van der Waals surface area contributed by atoms with Crippen molar-refractivity contribution in [3.63, 3.8) is 0 Å². The summed E-state index contributed by atoms with van der Waals surface area (Å²) >= 11 is 0. The van der Waals surface area contributed by atoms with Crippen molar-refractivity contribution in [2.45, 2.75) is 26.2 Å². The molecule has 0 atom stereocenters. The van der Waals surface area contributed by atoms with Gasteiger partial charge in [0, 0.05) is 12.1 Å². The van der Waals surface area contributed by atoms with Crippen LogP contribution in [0.4, 0.5) is 5.69 Å². The summed E-state index contributed by atoms with van der Waals surface area (Å²) < 4.78 is 0. The third-order valence-electron chi connectivity index (χ3n) is 2.62. The minimum absolute atomic E-state index is 0.142. The fourth-order valence-corrected chi connectivity index (χ4v) is 1.54. The van der Waals surface area contributed by atoms with Crippen molar-refractivity contribution in [3.05, 3.63) is 24.0 Å². The minimum atomic E-state index is 0.142. The van der Waals surface area contributed by atoms with Crippen LogP contribution in [-0.2, 0) is 4.79 Å². The number of nitrogens with zero attached hydrogens (tertiary/aromatic N) is 1. The number of hydrogen-bond acceptors (Lipinski definition) is 2. The standard InChI is InChI=1S/C11H14N2O/c1-8-5-10(7-12-6-8)13-11(14)9-3-2-4-9/h5-7,9H,2-4H2,1H3,(H,13,14). The summed E-state index contributed by atoms with van der Waals surface area (Å²) in [4.78, 5) is 15.6. The Bertz CT molecular complexity index is 345. The Hall–Kier alpha value is -1.38. The summed E-state index contributed by atoms with van der Waals surface area (Å²) in [7, 11) is 0. The zero-order chi connectivity index (χ0) is 9.97. The molecule has 74 valence electrons. The zero-order valence-electron chi connectivity index (χ0n) is 8.29. The van der Waals surface area contributed by atoms with E-state index in [1.807, 2.05) is 13.0 Å². The lowest BCUT2D eigenvalue weighted by Gasteiger charge is -2.23. The number of carbonyl (C=O) groups is 1. The average Bonchev–Trinajstić information content (AvgIpc) is 1.99. The van der Waals surface area contributed by atoms with Crippen molar-refractivity contribution in [2.24, 2.45) is 5.92 Å². The van der Waals surface area contributed by atoms with E-state index in [0.29, 0.717) is 0 Å². The average molecular weight is 190 g/mol. The molecule has 1 saturated carbocycles. The second-order valence-corrected chi connectivity index (χ2v) is 3.87. The molecule has 1 aliphatic carbocycles. The molecule has 0 aliphatic heterocycles. The molecule has 0 saturated heterocycles. The topological polar surface area (TPSA) is 42.0 Å². The molecule has 3 nitrogen and oxygen atoms in total. The third kappa shape index (κ3) is 1.92. The number of carbonyl (C=O) groups excluding carboxylic acids is 1. The Morgan fingerprint density at radius 3 is 2.86 bits per heavy atom. The van der Waals surface area contributed by atoms with Gasteiger partial charge < -0.3 is 5.32 Å². The first-order chi connectivity index (χ1) is 6.75. The maximum atomic E-state index is 11.6. The van der Waals surface area contributed by atoms with Crippen LogP contribution in [0, 0.1) is 12.8 Å². The van der Waals surface area contributed by atoms with E-state index in [-0.39, 0.29) is 11.8 Å². The van der Waals surface area contributed by atoms with Gasteiger partial charge in [-0.3, -0.25) is 9.78 Å². The second kappa shape index (κ2) is 3.78. The fraction of sp³-hybridized carbons (Fsp3) is 0.455. The molecule has 1 aliphatic rings. The summed E-state index contributed by atoms with van der Waals surface area (Å²) in [6.45, 7) is 1.96. The van der Waals surface area contributed by atoms with Crippen LogP contribution in [0.3, 0.4) is 0 Å². The van der Waals surface area contributed by atoms with Gasteiger partial charge in [-0.1, -0.05) is 6.42 Å². The van der Waals surface area contributed by atoms with Crippen LogP contribution < -0.4 is 5.32 Å². The van der Waals surface area contributed by atoms with Crippen LogP contribution in [0.1, 0.15) is 24.8 Å². The molecule has 0 spiro atoms. The molecular weight excluding hydrogens is 176 g/mol. The van der Waals surface area contributed by atoms with E-state index in [9.17, 15) is 4.79 Å². The van der Waals surface area contributed by atoms with Gasteiger partial charge in [0.1, 0.15) is 0 Å². The van der Waals surface area contributed by atoms with Crippen LogP contribution in [0.2, 0.25) is 0 Å². The van der Waals surface area contributed by atoms with Gasteiger partial charge in [0.2, 0.25) is 5.91 Å². The Balaban J connectivity index is 1.99. The zero-order valence-corrected chi connectivity index (χ0v) is 8.29. The molecule has 0 radical (unpaired) electrons. The van der Waals surface area contributed by atoms with Gasteiger partial charge >= 0.3 is 0 Å². The summed E-state index contributed by atoms with van der Waals surface area (Å²) in [6.07, 6.45) is 6.71. The van der Waals surface area contributed by atoms with Crippen molar-refractivity contribution in [2.75, 3.05) is 5.32 Å². The summed E-state index contributed by atoms with van der Waals surface area (Å²) in [6, 6.07) is 1.93. The third-order valence-corrected chi connectivity index (χ3v) is 2.62. The molecule has 14 heavy (non-hydrogen) atoms. The number of aromatic nitrogens is 1. The molecule has 1 aromatic rings. The smallest absolute Gasteiger partial charge is 0.227 e. The maximum Gasteiger partial charge on any atom is 0.227 e. The SMILES string of the molecule is Cc1cncc(NC(=O)C2CCC2)c1. The van der Waals surface area contributed by atoms with Crippen LogP contribution in [0.25, 0.3) is 0 Å². The Morgan fingerprint density at radius 2 is 2.29 bits per heavy atom. The maximum absolute atomic E-state index is 11.6. The molecule has 1 amide bonds. The summed E-state index contributed by atoms with van der Waals surface area (Å²) in [5, 5.41) is 2.88. The number of aryl methyl sites for hydroxylation is 1. The lowest BCUT2D eigenvalue weighted by molar-refractivity contribution is -0.122. The highest BCUT2D eigenvalue weighted by Gasteiger charge is 2.24. The predicted molar refractivity (Wildman–Crippen MR) is 54.9 cm³/mol. The number of anilines is 1. The normalized spacial score (nSPS) is 16.1. The van der Waals surface area contributed by atoms with Gasteiger partial charge in [-0.2, -0.15) is 0 Å². The highest BCUT2D eigenvalue weighted by molar-refractivity contribution is 5.92. The van der Waals surface area contributed by atoms with Gasteiger partial charge in [0.15, 0.2) is 0 Å². The van der Waals surface area contributed by atoms with E-state index < -0.39 is 0 Å². The number of amides is 1. The van der Waals surface area contributed by atoms with E-state index in [1.54, 1.807) is 12.4 Å². The van der Waals surface area contributed by atoms with Gasteiger partial charge in [-0.05, 0) is 31.4 Å². The van der Waals surface area contributed by atoms with Crippen molar-refractivity contribution in [1.29, 1.82) is 0 Å². The number of rotatable bonds is 2. The number of pyridine rings is 1. The molecule has 1 aromatic heterocycles. The van der Waals surface area contributed by atoms with Crippen molar-refractivity contribution < 1.29 is 4.79 Å². The highest BCUT2D eigenvalue weighted by atomic mass is 16.1. The minimum Gasteiger partial charge on any atom is -0.324 e. The predicted octanol–water partition coefficient (Wildman–Crippen LogP) is 2.13. The number of nitrogens with one attached hydrogen (secondary N) is 1. The van der Waals surface area contributed by atoms with Crippen LogP contribution in [0.15, 0.2) is 18.5 Å². The first kappa shape index (κ1) is 9.19. The lowest BCUT2D eigenvalue weighted by atomic mass is 9.85. The van der Waals surface area contributed by atoms with Crippen LogP contribution in [0.5, 0.6) is 0 Å². The molecule has 0 aromatic carbocycles. The van der Waals surface area contributed by atoms with Gasteiger partial charge in [0.05, 0.1) is 11.9 Å². The monoisotopic (exact) mass is 190 g/mol.